The molecule has 0 aliphatic rings. The molecule has 0 atom stereocenters. The maximum atomic E-state index is 10.9. The lowest BCUT2D eigenvalue weighted by Crippen LogP contribution is -2.26. The first-order valence-electron chi connectivity index (χ1n) is 4.75. The van der Waals surface area contributed by atoms with E-state index in [0.29, 0.717) is 0 Å². The van der Waals surface area contributed by atoms with E-state index in [0.717, 1.165) is 0 Å². The first kappa shape index (κ1) is 13.2. The molecule has 1 heterocycles. The molecule has 0 radical (unpaired) electrons. The first-order chi connectivity index (χ1) is 8.63. The largest absolute Gasteiger partial charge is 0.324 e. The number of nitro groups is 1. The second-order valence-electron chi connectivity index (χ2n) is 3.11. The van der Waals surface area contributed by atoms with Crippen molar-refractivity contribution in [3.05, 3.63) is 22.2 Å². The lowest BCUT2D eigenvalue weighted by molar-refractivity contribution is -0.384. The second-order valence-corrected chi connectivity index (χ2v) is 3.11. The summed E-state index contributed by atoms with van der Waals surface area (Å²) in [4.78, 5) is 15.3. The van der Waals surface area contributed by atoms with E-state index < -0.39 is 4.92 Å². The van der Waals surface area contributed by atoms with Crippen LogP contribution in [-0.2, 0) is 0 Å². The highest BCUT2D eigenvalue weighted by Gasteiger charge is 2.21. The number of hydrazine groups is 1. The van der Waals surface area contributed by atoms with Gasteiger partial charge in [0, 0.05) is 6.07 Å². The molecular formula is C9H9N7O2. The smallest absolute Gasteiger partial charge is 0.311 e. The summed E-state index contributed by atoms with van der Waals surface area (Å²) in [5, 5.41) is 28.1. The summed E-state index contributed by atoms with van der Waals surface area (Å²) in [6.07, 6.45) is 0. The number of hydrogen-bond donors (Lipinski definition) is 2. The zero-order valence-electron chi connectivity index (χ0n) is 9.20. The molecular weight excluding hydrogens is 238 g/mol. The molecule has 1 aromatic rings. The topological polar surface area (TPSA) is 145 Å². The van der Waals surface area contributed by atoms with Gasteiger partial charge in [-0.15, -0.1) is 0 Å². The van der Waals surface area contributed by atoms with E-state index in [1.165, 1.54) is 17.0 Å². The summed E-state index contributed by atoms with van der Waals surface area (Å²) in [6, 6.07) is 6.17. The lowest BCUT2D eigenvalue weighted by atomic mass is 10.3. The quantitative estimate of drug-likeness (QED) is 0.323. The molecule has 0 saturated carbocycles. The number of nitrogens with zero attached hydrogens (tertiary/aromatic N) is 5. The van der Waals surface area contributed by atoms with Crippen LogP contribution in [0.25, 0.3) is 0 Å². The Balaban J connectivity index is 3.28. The van der Waals surface area contributed by atoms with Gasteiger partial charge in [0.05, 0.1) is 17.1 Å². The maximum Gasteiger partial charge on any atom is 0.311 e. The molecule has 0 spiro atoms. The molecule has 3 N–H and O–H groups in total. The standard InChI is InChI=1S/C9H9N7O2/c10-3-5-15(6-4-11)9-7(16(17)18)1-2-8(13-9)14-12/h1-2H,5-6,12H2,(H,13,14). The number of nitrogen functional groups attached to an aromatic ring is 1. The second kappa shape index (κ2) is 5.98. The number of hydrogen-bond acceptors (Lipinski definition) is 8. The Morgan fingerprint density at radius 2 is 2.06 bits per heavy atom. The Morgan fingerprint density at radius 3 is 2.50 bits per heavy atom. The minimum atomic E-state index is -0.635. The molecule has 0 aliphatic carbocycles. The molecule has 9 nitrogen and oxygen atoms in total. The summed E-state index contributed by atoms with van der Waals surface area (Å²) in [5.74, 6) is 5.30. The monoisotopic (exact) mass is 247 g/mol. The minimum absolute atomic E-state index is 0.0708. The van der Waals surface area contributed by atoms with Crippen molar-refractivity contribution in [2.24, 2.45) is 5.84 Å². The van der Waals surface area contributed by atoms with E-state index in [4.69, 9.17) is 16.4 Å². The molecule has 0 saturated heterocycles. The third kappa shape index (κ3) is 2.81. The Bertz CT molecular complexity index is 515. The SMILES string of the molecule is N#CCN(CC#N)c1nc(NN)ccc1[N+](=O)[O-]. The average Bonchev–Trinajstić information content (AvgIpc) is 2.37. The van der Waals surface area contributed by atoms with Gasteiger partial charge in [-0.3, -0.25) is 10.1 Å². The van der Waals surface area contributed by atoms with Gasteiger partial charge in [-0.05, 0) is 6.07 Å². The predicted octanol–water partition coefficient (Wildman–Crippen LogP) is 0.129. The highest BCUT2D eigenvalue weighted by Crippen LogP contribution is 2.27. The average molecular weight is 247 g/mol. The molecule has 0 aromatic carbocycles. The zero-order valence-corrected chi connectivity index (χ0v) is 9.20. The first-order valence-corrected chi connectivity index (χ1v) is 4.75. The van der Waals surface area contributed by atoms with Crippen LogP contribution in [0.4, 0.5) is 17.3 Å². The Labute approximate surface area is 102 Å². The fourth-order valence-corrected chi connectivity index (χ4v) is 1.27. The number of pyridine rings is 1. The zero-order chi connectivity index (χ0) is 13.5. The van der Waals surface area contributed by atoms with E-state index in [2.05, 4.69) is 10.4 Å². The van der Waals surface area contributed by atoms with E-state index in [1.54, 1.807) is 0 Å². The fourth-order valence-electron chi connectivity index (χ4n) is 1.27. The number of anilines is 2. The van der Waals surface area contributed by atoms with Gasteiger partial charge in [-0.2, -0.15) is 10.5 Å². The van der Waals surface area contributed by atoms with Crippen molar-refractivity contribution in [1.82, 2.24) is 4.98 Å². The van der Waals surface area contributed by atoms with Gasteiger partial charge in [-0.25, -0.2) is 10.8 Å². The van der Waals surface area contributed by atoms with E-state index in [9.17, 15) is 10.1 Å². The highest BCUT2D eigenvalue weighted by atomic mass is 16.6. The van der Waals surface area contributed by atoms with Crippen LogP contribution in [0, 0.1) is 32.8 Å². The van der Waals surface area contributed by atoms with Crippen molar-refractivity contribution in [3.63, 3.8) is 0 Å². The molecule has 0 unspecified atom stereocenters. The van der Waals surface area contributed by atoms with Crippen LogP contribution in [-0.4, -0.2) is 23.0 Å². The van der Waals surface area contributed by atoms with Gasteiger partial charge in [0.1, 0.15) is 18.9 Å². The lowest BCUT2D eigenvalue weighted by Gasteiger charge is -2.17. The predicted molar refractivity (Wildman–Crippen MR) is 62.1 cm³/mol. The molecule has 1 aromatic heterocycles. The van der Waals surface area contributed by atoms with Gasteiger partial charge >= 0.3 is 5.69 Å². The Hall–Kier alpha value is -2.91. The van der Waals surface area contributed by atoms with Crippen LogP contribution in [0.3, 0.4) is 0 Å². The normalized spacial score (nSPS) is 9.06. The van der Waals surface area contributed by atoms with Crippen LogP contribution in [0.5, 0.6) is 0 Å². The summed E-state index contributed by atoms with van der Waals surface area (Å²) < 4.78 is 0. The molecule has 92 valence electrons. The maximum absolute atomic E-state index is 10.9. The Kier molecular flexibility index (Phi) is 4.37. The fraction of sp³-hybridized carbons (Fsp3) is 0.222. The van der Waals surface area contributed by atoms with Crippen molar-refractivity contribution < 1.29 is 4.92 Å². The number of nitriles is 2. The van der Waals surface area contributed by atoms with Gasteiger partial charge < -0.3 is 10.3 Å². The molecule has 18 heavy (non-hydrogen) atoms. The summed E-state index contributed by atoms with van der Waals surface area (Å²) in [6.45, 7) is -0.370. The van der Waals surface area contributed by atoms with E-state index in [1.807, 2.05) is 12.1 Å². The van der Waals surface area contributed by atoms with Crippen molar-refractivity contribution in [2.75, 3.05) is 23.4 Å². The van der Waals surface area contributed by atoms with E-state index in [-0.39, 0.29) is 30.4 Å². The summed E-state index contributed by atoms with van der Waals surface area (Å²) in [5.41, 5.74) is 1.95. The molecule has 0 aliphatic heterocycles. The van der Waals surface area contributed by atoms with Crippen molar-refractivity contribution in [3.8, 4) is 12.1 Å². The van der Waals surface area contributed by atoms with Gasteiger partial charge in [0.15, 0.2) is 0 Å². The number of nitrogens with one attached hydrogen (secondary N) is 1. The van der Waals surface area contributed by atoms with Crippen LogP contribution in [0.2, 0.25) is 0 Å². The number of aromatic nitrogens is 1. The third-order valence-corrected chi connectivity index (χ3v) is 2.02. The van der Waals surface area contributed by atoms with Crippen molar-refractivity contribution >= 4 is 17.3 Å². The van der Waals surface area contributed by atoms with Crippen molar-refractivity contribution in [2.45, 2.75) is 0 Å². The minimum Gasteiger partial charge on any atom is -0.324 e. The molecule has 1 rings (SSSR count). The molecule has 0 bridgehead atoms. The van der Waals surface area contributed by atoms with Crippen LogP contribution >= 0.6 is 0 Å². The van der Waals surface area contributed by atoms with Gasteiger partial charge in [-0.1, -0.05) is 0 Å². The van der Waals surface area contributed by atoms with Gasteiger partial charge in [0.2, 0.25) is 5.82 Å². The van der Waals surface area contributed by atoms with Crippen LogP contribution < -0.4 is 16.2 Å². The third-order valence-electron chi connectivity index (χ3n) is 2.02. The number of nitrogens with two attached hydrogens (primary N) is 1. The highest BCUT2D eigenvalue weighted by molar-refractivity contribution is 5.62. The van der Waals surface area contributed by atoms with Gasteiger partial charge in [0.25, 0.3) is 0 Å². The molecule has 0 fully saturated rings. The molecule has 0 amide bonds. The van der Waals surface area contributed by atoms with Crippen LogP contribution in [0.1, 0.15) is 0 Å². The van der Waals surface area contributed by atoms with Crippen molar-refractivity contribution in [1.29, 1.82) is 10.5 Å². The van der Waals surface area contributed by atoms with E-state index >= 15 is 0 Å². The summed E-state index contributed by atoms with van der Waals surface area (Å²) >= 11 is 0. The summed E-state index contributed by atoms with van der Waals surface area (Å²) in [7, 11) is 0. The van der Waals surface area contributed by atoms with Crippen LogP contribution in [0.15, 0.2) is 12.1 Å². The Morgan fingerprint density at radius 1 is 1.44 bits per heavy atom. The number of rotatable bonds is 5. The molecule has 9 heteroatoms.